The van der Waals surface area contributed by atoms with Gasteiger partial charge in [-0.2, -0.15) is 0 Å². The van der Waals surface area contributed by atoms with Gasteiger partial charge in [-0.25, -0.2) is 0 Å². The summed E-state index contributed by atoms with van der Waals surface area (Å²) in [5.41, 5.74) is 0. The van der Waals surface area contributed by atoms with Crippen LogP contribution in [0.25, 0.3) is 0 Å². The van der Waals surface area contributed by atoms with Gasteiger partial charge in [0.25, 0.3) is 6.47 Å². The quantitative estimate of drug-likeness (QED) is 0.427. The molecule has 2 nitrogen and oxygen atoms in total. The highest BCUT2D eigenvalue weighted by Crippen LogP contribution is 2.00. The Balaban J connectivity index is 3.68. The van der Waals surface area contributed by atoms with Gasteiger partial charge < -0.3 is 4.74 Å². The van der Waals surface area contributed by atoms with Crippen LogP contribution in [-0.4, -0.2) is 6.47 Å². The molecule has 0 aliphatic heterocycles. The Morgan fingerprint density at radius 2 is 2.11 bits per heavy atom. The zero-order valence-electron chi connectivity index (χ0n) is 6.05. The first-order valence-corrected chi connectivity index (χ1v) is 2.95. The van der Waals surface area contributed by atoms with Crippen molar-refractivity contribution in [3.63, 3.8) is 0 Å². The number of rotatable bonds is 3. The molecule has 0 unspecified atom stereocenters. The molecular weight excluding hydrogens is 116 g/mol. The van der Waals surface area contributed by atoms with Gasteiger partial charge in [-0.15, -0.1) is 0 Å². The van der Waals surface area contributed by atoms with Gasteiger partial charge in [-0.05, 0) is 18.9 Å². The Morgan fingerprint density at radius 3 is 2.44 bits per heavy atom. The van der Waals surface area contributed by atoms with Gasteiger partial charge >= 0.3 is 0 Å². The molecule has 52 valence electrons. The molecule has 0 fully saturated rings. The summed E-state index contributed by atoms with van der Waals surface area (Å²) in [6.45, 7) is 6.25. The molecule has 0 rings (SSSR count). The zero-order valence-corrected chi connectivity index (χ0v) is 6.05. The van der Waals surface area contributed by atoms with Crippen LogP contribution in [0.1, 0.15) is 20.8 Å². The monoisotopic (exact) mass is 128 g/mol. The van der Waals surface area contributed by atoms with Crippen LogP contribution in [0.15, 0.2) is 11.8 Å². The molecule has 0 spiro atoms. The molecule has 0 aromatic rings. The summed E-state index contributed by atoms with van der Waals surface area (Å²) in [5, 5.41) is 0. The van der Waals surface area contributed by atoms with E-state index in [0.29, 0.717) is 18.1 Å². The Hall–Kier alpha value is -0.790. The second-order valence-electron chi connectivity index (χ2n) is 2.24. The van der Waals surface area contributed by atoms with E-state index in [9.17, 15) is 4.79 Å². The first-order chi connectivity index (χ1) is 4.16. The highest BCUT2D eigenvalue weighted by atomic mass is 16.5. The van der Waals surface area contributed by atoms with Gasteiger partial charge in [0, 0.05) is 0 Å². The highest BCUT2D eigenvalue weighted by Gasteiger charge is 1.89. The molecule has 0 bridgehead atoms. The predicted octanol–water partition coefficient (Wildman–Crippen LogP) is 1.72. The Morgan fingerprint density at radius 1 is 1.56 bits per heavy atom. The van der Waals surface area contributed by atoms with Crippen molar-refractivity contribution < 1.29 is 9.53 Å². The molecule has 2 heteroatoms. The summed E-state index contributed by atoms with van der Waals surface area (Å²) in [7, 11) is 0. The highest BCUT2D eigenvalue weighted by molar-refractivity contribution is 5.39. The summed E-state index contributed by atoms with van der Waals surface area (Å²) >= 11 is 0. The fraction of sp³-hybridized carbons (Fsp3) is 0.571. The number of carbonyl (C=O) groups is 1. The number of ether oxygens (including phenoxy) is 1. The maximum absolute atomic E-state index is 9.73. The first kappa shape index (κ1) is 8.21. The second-order valence-corrected chi connectivity index (χ2v) is 2.24. The second kappa shape index (κ2) is 4.13. The third kappa shape index (κ3) is 5.07. The molecule has 9 heavy (non-hydrogen) atoms. The van der Waals surface area contributed by atoms with Gasteiger partial charge in [0.05, 0.1) is 0 Å². The van der Waals surface area contributed by atoms with E-state index in [1.807, 2.05) is 19.9 Å². The third-order valence-electron chi connectivity index (χ3n) is 0.802. The number of hydrogen-bond acceptors (Lipinski definition) is 2. The third-order valence-corrected chi connectivity index (χ3v) is 0.802. The molecular formula is C7H12O2. The molecule has 0 aromatic heterocycles. The molecule has 0 aliphatic carbocycles. The minimum atomic E-state index is 0.435. The SMILES string of the molecule is C/C(=C\C(C)C)OC=O. The van der Waals surface area contributed by atoms with E-state index in [4.69, 9.17) is 0 Å². The number of hydrogen-bond donors (Lipinski definition) is 0. The van der Waals surface area contributed by atoms with Crippen LogP contribution in [0.2, 0.25) is 0 Å². The molecule has 0 amide bonds. The fourth-order valence-corrected chi connectivity index (χ4v) is 0.585. The lowest BCUT2D eigenvalue weighted by molar-refractivity contribution is -0.125. The Labute approximate surface area is 55.5 Å². The smallest absolute Gasteiger partial charge is 0.298 e. The van der Waals surface area contributed by atoms with Gasteiger partial charge in [0.2, 0.25) is 0 Å². The van der Waals surface area contributed by atoms with Gasteiger partial charge in [-0.3, -0.25) is 4.79 Å². The molecule has 0 N–H and O–H groups in total. The van der Waals surface area contributed by atoms with Crippen LogP contribution >= 0.6 is 0 Å². The van der Waals surface area contributed by atoms with Crippen molar-refractivity contribution in [2.45, 2.75) is 20.8 Å². The Bertz CT molecular complexity index is 114. The molecule has 0 radical (unpaired) electrons. The number of carbonyl (C=O) groups excluding carboxylic acids is 1. The van der Waals surface area contributed by atoms with Crippen molar-refractivity contribution in [2.24, 2.45) is 5.92 Å². The van der Waals surface area contributed by atoms with E-state index >= 15 is 0 Å². The van der Waals surface area contributed by atoms with Gasteiger partial charge in [0.15, 0.2) is 0 Å². The van der Waals surface area contributed by atoms with Crippen LogP contribution < -0.4 is 0 Å². The van der Waals surface area contributed by atoms with Crippen LogP contribution in [0.4, 0.5) is 0 Å². The van der Waals surface area contributed by atoms with E-state index in [1.165, 1.54) is 0 Å². The molecule has 0 saturated carbocycles. The van der Waals surface area contributed by atoms with E-state index in [1.54, 1.807) is 6.92 Å². The molecule has 0 atom stereocenters. The number of allylic oxidation sites excluding steroid dienone is 2. The average molecular weight is 128 g/mol. The lowest BCUT2D eigenvalue weighted by Gasteiger charge is -1.97. The van der Waals surface area contributed by atoms with E-state index in [0.717, 1.165) is 0 Å². The Kier molecular flexibility index (Phi) is 3.76. The molecule has 0 aromatic carbocycles. The van der Waals surface area contributed by atoms with Crippen LogP contribution in [0.3, 0.4) is 0 Å². The minimum Gasteiger partial charge on any atom is -0.434 e. The molecule has 0 saturated heterocycles. The zero-order chi connectivity index (χ0) is 7.28. The normalized spacial score (nSPS) is 11.8. The van der Waals surface area contributed by atoms with Crippen LogP contribution in [0, 0.1) is 5.92 Å². The van der Waals surface area contributed by atoms with Crippen LogP contribution in [0.5, 0.6) is 0 Å². The molecule has 0 heterocycles. The lowest BCUT2D eigenvalue weighted by Crippen LogP contribution is -1.87. The van der Waals surface area contributed by atoms with Crippen LogP contribution in [-0.2, 0) is 9.53 Å². The van der Waals surface area contributed by atoms with Crippen molar-refractivity contribution in [3.05, 3.63) is 11.8 Å². The van der Waals surface area contributed by atoms with Gasteiger partial charge in [0.1, 0.15) is 5.76 Å². The first-order valence-electron chi connectivity index (χ1n) is 2.95. The van der Waals surface area contributed by atoms with Crippen molar-refractivity contribution >= 4 is 6.47 Å². The largest absolute Gasteiger partial charge is 0.434 e. The maximum atomic E-state index is 9.73. The van der Waals surface area contributed by atoms with Gasteiger partial charge in [-0.1, -0.05) is 13.8 Å². The summed E-state index contributed by atoms with van der Waals surface area (Å²) < 4.78 is 4.53. The summed E-state index contributed by atoms with van der Waals surface area (Å²) in [6.07, 6.45) is 1.88. The molecule has 0 aliphatic rings. The van der Waals surface area contributed by atoms with E-state index in [-0.39, 0.29) is 0 Å². The van der Waals surface area contributed by atoms with E-state index in [2.05, 4.69) is 4.74 Å². The van der Waals surface area contributed by atoms with Crippen molar-refractivity contribution in [2.75, 3.05) is 0 Å². The topological polar surface area (TPSA) is 26.3 Å². The standard InChI is InChI=1S/C7H12O2/c1-6(2)4-7(3)9-5-8/h4-6H,1-3H3/b7-4+. The van der Waals surface area contributed by atoms with E-state index < -0.39 is 0 Å². The minimum absolute atomic E-state index is 0.435. The summed E-state index contributed by atoms with van der Waals surface area (Å²) in [6, 6.07) is 0. The van der Waals surface area contributed by atoms with Crippen molar-refractivity contribution in [3.8, 4) is 0 Å². The van der Waals surface area contributed by atoms with Crippen molar-refractivity contribution in [1.29, 1.82) is 0 Å². The lowest BCUT2D eigenvalue weighted by atomic mass is 10.2. The predicted molar refractivity (Wildman–Crippen MR) is 35.7 cm³/mol. The summed E-state index contributed by atoms with van der Waals surface area (Å²) in [5.74, 6) is 1.10. The average Bonchev–Trinajstić information content (AvgIpc) is 1.63. The van der Waals surface area contributed by atoms with Crippen molar-refractivity contribution in [1.82, 2.24) is 0 Å². The summed E-state index contributed by atoms with van der Waals surface area (Å²) in [4.78, 5) is 9.73. The fourth-order valence-electron chi connectivity index (χ4n) is 0.585. The maximum Gasteiger partial charge on any atom is 0.298 e.